The summed E-state index contributed by atoms with van der Waals surface area (Å²) in [6.07, 6.45) is 4.89. The average molecular weight is 230 g/mol. The molecule has 1 saturated heterocycles. The van der Waals surface area contributed by atoms with Crippen molar-refractivity contribution >= 4 is 0 Å². The van der Waals surface area contributed by atoms with E-state index in [1.807, 2.05) is 0 Å². The number of benzene rings is 1. The van der Waals surface area contributed by atoms with Crippen LogP contribution in [0.4, 0.5) is 0 Å². The number of piperidine rings is 1. The van der Waals surface area contributed by atoms with Gasteiger partial charge in [0.15, 0.2) is 0 Å². The molecule has 0 aromatic heterocycles. The van der Waals surface area contributed by atoms with E-state index >= 15 is 0 Å². The van der Waals surface area contributed by atoms with E-state index in [0.717, 1.165) is 18.8 Å². The van der Waals surface area contributed by atoms with E-state index in [9.17, 15) is 0 Å². The van der Waals surface area contributed by atoms with Gasteiger partial charge in [-0.15, -0.1) is 0 Å². The molecular formula is C15H22N2. The van der Waals surface area contributed by atoms with Crippen molar-refractivity contribution < 1.29 is 0 Å². The fourth-order valence-corrected chi connectivity index (χ4v) is 3.03. The van der Waals surface area contributed by atoms with Crippen molar-refractivity contribution in [2.45, 2.75) is 37.1 Å². The zero-order chi connectivity index (χ0) is 11.9. The summed E-state index contributed by atoms with van der Waals surface area (Å²) in [4.78, 5) is 2.43. The molecule has 0 spiro atoms. The lowest BCUT2D eigenvalue weighted by Gasteiger charge is -2.31. The van der Waals surface area contributed by atoms with Crippen LogP contribution in [0.2, 0.25) is 0 Å². The Morgan fingerprint density at radius 2 is 1.82 bits per heavy atom. The van der Waals surface area contributed by atoms with Crippen molar-refractivity contribution in [1.82, 2.24) is 4.90 Å². The molecule has 2 N–H and O–H groups in total. The van der Waals surface area contributed by atoms with Crippen molar-refractivity contribution in [3.63, 3.8) is 0 Å². The first kappa shape index (κ1) is 11.2. The van der Waals surface area contributed by atoms with E-state index in [1.165, 1.54) is 37.1 Å². The summed E-state index contributed by atoms with van der Waals surface area (Å²) in [5.74, 6) is 0.725. The second-order valence-electron chi connectivity index (χ2n) is 5.82. The maximum absolute atomic E-state index is 6.39. The second kappa shape index (κ2) is 4.11. The van der Waals surface area contributed by atoms with E-state index in [1.54, 1.807) is 0 Å². The highest BCUT2D eigenvalue weighted by atomic mass is 15.1. The lowest BCUT2D eigenvalue weighted by Crippen LogP contribution is -2.30. The van der Waals surface area contributed by atoms with Crippen molar-refractivity contribution in [2.75, 3.05) is 20.1 Å². The van der Waals surface area contributed by atoms with Crippen molar-refractivity contribution in [2.24, 2.45) is 5.73 Å². The Labute approximate surface area is 104 Å². The standard InChI is InChI=1S/C15H22N2/c1-17-10-6-12(7-11-17)13-4-2-3-5-14(13)15(16)8-9-15/h2-5,12H,6-11,16H2,1H3. The predicted octanol–water partition coefficient (Wildman–Crippen LogP) is 2.44. The molecular weight excluding hydrogens is 208 g/mol. The third-order valence-electron chi connectivity index (χ3n) is 4.44. The zero-order valence-electron chi connectivity index (χ0n) is 10.7. The first-order chi connectivity index (χ1) is 8.19. The highest BCUT2D eigenvalue weighted by Gasteiger charge is 2.42. The van der Waals surface area contributed by atoms with Gasteiger partial charge >= 0.3 is 0 Å². The summed E-state index contributed by atoms with van der Waals surface area (Å²) in [5, 5.41) is 0. The fourth-order valence-electron chi connectivity index (χ4n) is 3.03. The Hall–Kier alpha value is -0.860. The highest BCUT2D eigenvalue weighted by molar-refractivity contribution is 5.39. The zero-order valence-corrected chi connectivity index (χ0v) is 10.7. The summed E-state index contributed by atoms with van der Waals surface area (Å²) in [7, 11) is 2.22. The third-order valence-corrected chi connectivity index (χ3v) is 4.44. The molecule has 1 aliphatic carbocycles. The van der Waals surface area contributed by atoms with Gasteiger partial charge < -0.3 is 10.6 Å². The summed E-state index contributed by atoms with van der Waals surface area (Å²) in [5.41, 5.74) is 9.36. The minimum Gasteiger partial charge on any atom is -0.321 e. The monoisotopic (exact) mass is 230 g/mol. The van der Waals surface area contributed by atoms with Crippen LogP contribution in [0.5, 0.6) is 0 Å². The fraction of sp³-hybridized carbons (Fsp3) is 0.600. The molecule has 2 fully saturated rings. The molecule has 92 valence electrons. The van der Waals surface area contributed by atoms with Crippen LogP contribution in [0.3, 0.4) is 0 Å². The van der Waals surface area contributed by atoms with Crippen LogP contribution in [0, 0.1) is 0 Å². The van der Waals surface area contributed by atoms with Gasteiger partial charge in [0.2, 0.25) is 0 Å². The van der Waals surface area contributed by atoms with Crippen LogP contribution in [0.15, 0.2) is 24.3 Å². The molecule has 1 saturated carbocycles. The second-order valence-corrected chi connectivity index (χ2v) is 5.82. The van der Waals surface area contributed by atoms with Gasteiger partial charge in [0.05, 0.1) is 0 Å². The average Bonchev–Trinajstić information content (AvgIpc) is 3.10. The number of rotatable bonds is 2. The Morgan fingerprint density at radius 1 is 1.18 bits per heavy atom. The first-order valence-electron chi connectivity index (χ1n) is 6.76. The normalized spacial score (nSPS) is 24.8. The number of hydrogen-bond acceptors (Lipinski definition) is 2. The quantitative estimate of drug-likeness (QED) is 0.845. The van der Waals surface area contributed by atoms with Crippen LogP contribution in [0.25, 0.3) is 0 Å². The lowest BCUT2D eigenvalue weighted by atomic mass is 9.84. The van der Waals surface area contributed by atoms with Crippen LogP contribution in [0.1, 0.15) is 42.7 Å². The number of likely N-dealkylation sites (tertiary alicyclic amines) is 1. The maximum Gasteiger partial charge on any atom is 0.0414 e. The van der Waals surface area contributed by atoms with Crippen LogP contribution >= 0.6 is 0 Å². The Bertz CT molecular complexity index is 401. The molecule has 1 aromatic carbocycles. The Balaban J connectivity index is 1.87. The molecule has 1 aliphatic heterocycles. The molecule has 2 heteroatoms. The van der Waals surface area contributed by atoms with Gasteiger partial charge in [-0.05, 0) is 62.9 Å². The number of nitrogens with two attached hydrogens (primary N) is 1. The van der Waals surface area contributed by atoms with Crippen molar-refractivity contribution in [3.05, 3.63) is 35.4 Å². The summed E-state index contributed by atoms with van der Waals surface area (Å²) >= 11 is 0. The molecule has 2 aliphatic rings. The molecule has 0 radical (unpaired) electrons. The third kappa shape index (κ3) is 2.12. The van der Waals surface area contributed by atoms with Crippen molar-refractivity contribution in [3.8, 4) is 0 Å². The molecule has 17 heavy (non-hydrogen) atoms. The molecule has 3 rings (SSSR count). The molecule has 0 amide bonds. The smallest absolute Gasteiger partial charge is 0.0414 e. The largest absolute Gasteiger partial charge is 0.321 e. The molecule has 0 atom stereocenters. The maximum atomic E-state index is 6.39. The molecule has 1 aromatic rings. The first-order valence-corrected chi connectivity index (χ1v) is 6.76. The van der Waals surface area contributed by atoms with E-state index < -0.39 is 0 Å². The molecule has 0 unspecified atom stereocenters. The SMILES string of the molecule is CN1CCC(c2ccccc2C2(N)CC2)CC1. The van der Waals surface area contributed by atoms with E-state index in [2.05, 4.69) is 36.2 Å². The van der Waals surface area contributed by atoms with Crippen LogP contribution < -0.4 is 5.73 Å². The predicted molar refractivity (Wildman–Crippen MR) is 71.0 cm³/mol. The van der Waals surface area contributed by atoms with Gasteiger partial charge in [0, 0.05) is 5.54 Å². The van der Waals surface area contributed by atoms with E-state index in [4.69, 9.17) is 5.73 Å². The molecule has 2 nitrogen and oxygen atoms in total. The number of nitrogens with zero attached hydrogens (tertiary/aromatic N) is 1. The van der Waals surface area contributed by atoms with Gasteiger partial charge in [-0.3, -0.25) is 0 Å². The summed E-state index contributed by atoms with van der Waals surface area (Å²) in [6, 6.07) is 8.86. The molecule has 1 heterocycles. The topological polar surface area (TPSA) is 29.3 Å². The van der Waals surface area contributed by atoms with Gasteiger partial charge in [0.1, 0.15) is 0 Å². The molecule has 0 bridgehead atoms. The highest BCUT2D eigenvalue weighted by Crippen LogP contribution is 2.46. The summed E-state index contributed by atoms with van der Waals surface area (Å²) in [6.45, 7) is 2.44. The van der Waals surface area contributed by atoms with Crippen LogP contribution in [-0.4, -0.2) is 25.0 Å². The van der Waals surface area contributed by atoms with E-state index in [-0.39, 0.29) is 5.54 Å². The lowest BCUT2D eigenvalue weighted by molar-refractivity contribution is 0.254. The minimum atomic E-state index is 0.0138. The Kier molecular flexibility index (Phi) is 2.72. The Morgan fingerprint density at radius 3 is 2.47 bits per heavy atom. The van der Waals surface area contributed by atoms with Gasteiger partial charge in [-0.2, -0.15) is 0 Å². The van der Waals surface area contributed by atoms with Gasteiger partial charge in [-0.25, -0.2) is 0 Å². The van der Waals surface area contributed by atoms with E-state index in [0.29, 0.717) is 0 Å². The number of hydrogen-bond donors (Lipinski definition) is 1. The summed E-state index contributed by atoms with van der Waals surface area (Å²) < 4.78 is 0. The van der Waals surface area contributed by atoms with Crippen LogP contribution in [-0.2, 0) is 5.54 Å². The van der Waals surface area contributed by atoms with Gasteiger partial charge in [0.25, 0.3) is 0 Å². The van der Waals surface area contributed by atoms with Gasteiger partial charge in [-0.1, -0.05) is 24.3 Å². The van der Waals surface area contributed by atoms with Crippen molar-refractivity contribution in [1.29, 1.82) is 0 Å². The minimum absolute atomic E-state index is 0.0138.